The van der Waals surface area contributed by atoms with E-state index in [1.54, 1.807) is 0 Å². The average molecular weight is 191 g/mol. The minimum absolute atomic E-state index is 0.876. The van der Waals surface area contributed by atoms with E-state index in [1.807, 2.05) is 6.07 Å². The van der Waals surface area contributed by atoms with Gasteiger partial charge in [-0.1, -0.05) is 48.9 Å². The molecule has 1 heteroatoms. The number of fused-ring (bicyclic) bond motifs is 1. The predicted molar refractivity (Wildman–Crippen MR) is 58.3 cm³/mol. The Morgan fingerprint density at radius 3 is 2.62 bits per heavy atom. The van der Waals surface area contributed by atoms with Crippen LogP contribution >= 0.6 is 11.6 Å². The van der Waals surface area contributed by atoms with E-state index in [2.05, 4.69) is 37.3 Å². The molecule has 0 aliphatic carbocycles. The molecule has 66 valence electrons. The Labute approximate surface area is 83.1 Å². The number of hydrogen-bond acceptors (Lipinski definition) is 0. The molecule has 0 aliphatic heterocycles. The quantitative estimate of drug-likeness (QED) is 0.637. The van der Waals surface area contributed by atoms with E-state index in [0.29, 0.717) is 0 Å². The maximum Gasteiger partial charge on any atom is 0.0444 e. The second-order valence-electron chi connectivity index (χ2n) is 3.10. The van der Waals surface area contributed by atoms with Crippen LogP contribution in [0.3, 0.4) is 0 Å². The molecule has 0 N–H and O–H groups in total. The van der Waals surface area contributed by atoms with Gasteiger partial charge in [0, 0.05) is 5.02 Å². The van der Waals surface area contributed by atoms with Crippen LogP contribution in [0.5, 0.6) is 0 Å². The van der Waals surface area contributed by atoms with E-state index in [4.69, 9.17) is 11.6 Å². The number of aryl methyl sites for hydroxylation is 1. The highest BCUT2D eigenvalue weighted by Gasteiger charge is 2.02. The van der Waals surface area contributed by atoms with Crippen molar-refractivity contribution in [2.45, 2.75) is 13.3 Å². The third-order valence-electron chi connectivity index (χ3n) is 2.34. The average Bonchev–Trinajstić information content (AvgIpc) is 2.18. The van der Waals surface area contributed by atoms with E-state index in [-0.39, 0.29) is 0 Å². The second-order valence-corrected chi connectivity index (χ2v) is 3.51. The molecule has 0 spiro atoms. The van der Waals surface area contributed by atoms with Crippen molar-refractivity contribution in [3.8, 4) is 0 Å². The fourth-order valence-corrected chi connectivity index (χ4v) is 1.97. The van der Waals surface area contributed by atoms with Crippen molar-refractivity contribution in [1.29, 1.82) is 0 Å². The van der Waals surface area contributed by atoms with Crippen molar-refractivity contribution >= 4 is 22.4 Å². The van der Waals surface area contributed by atoms with Crippen molar-refractivity contribution in [2.75, 3.05) is 0 Å². The standard InChI is InChI=1S/C12H11Cl/c1-2-10-11-6-4-3-5-9(11)7-8-12(10)13/h3-8H,2H2,1H3. The molecule has 0 saturated carbocycles. The van der Waals surface area contributed by atoms with Crippen LogP contribution in [0, 0.1) is 0 Å². The summed E-state index contributed by atoms with van der Waals surface area (Å²) >= 11 is 6.10. The Hall–Kier alpha value is -1.01. The highest BCUT2D eigenvalue weighted by atomic mass is 35.5. The van der Waals surface area contributed by atoms with Crippen LogP contribution in [-0.2, 0) is 6.42 Å². The van der Waals surface area contributed by atoms with Crippen molar-refractivity contribution < 1.29 is 0 Å². The van der Waals surface area contributed by atoms with Crippen molar-refractivity contribution in [3.05, 3.63) is 47.0 Å². The molecular formula is C12H11Cl. The number of rotatable bonds is 1. The molecule has 13 heavy (non-hydrogen) atoms. The number of halogens is 1. The lowest BCUT2D eigenvalue weighted by Crippen LogP contribution is -1.84. The molecule has 0 amide bonds. The smallest absolute Gasteiger partial charge is 0.0444 e. The lowest BCUT2D eigenvalue weighted by atomic mass is 10.0. The van der Waals surface area contributed by atoms with E-state index < -0.39 is 0 Å². The van der Waals surface area contributed by atoms with Crippen LogP contribution in [0.4, 0.5) is 0 Å². The van der Waals surface area contributed by atoms with Crippen LogP contribution in [0.15, 0.2) is 36.4 Å². The molecule has 0 aromatic heterocycles. The summed E-state index contributed by atoms with van der Waals surface area (Å²) in [4.78, 5) is 0. The Kier molecular flexibility index (Phi) is 2.24. The molecule has 2 aromatic carbocycles. The van der Waals surface area contributed by atoms with Gasteiger partial charge in [0.1, 0.15) is 0 Å². The summed E-state index contributed by atoms with van der Waals surface area (Å²) < 4.78 is 0. The SMILES string of the molecule is CCc1c(Cl)ccc2ccccc12. The van der Waals surface area contributed by atoms with Crippen LogP contribution < -0.4 is 0 Å². The summed E-state index contributed by atoms with van der Waals surface area (Å²) in [6.45, 7) is 2.13. The van der Waals surface area contributed by atoms with Crippen LogP contribution in [0.25, 0.3) is 10.8 Å². The summed E-state index contributed by atoms with van der Waals surface area (Å²) in [6.07, 6.45) is 0.986. The maximum absolute atomic E-state index is 6.10. The van der Waals surface area contributed by atoms with Gasteiger partial charge in [0.05, 0.1) is 0 Å². The van der Waals surface area contributed by atoms with E-state index in [9.17, 15) is 0 Å². The molecule has 0 aliphatic rings. The highest BCUT2D eigenvalue weighted by molar-refractivity contribution is 6.32. The zero-order valence-corrected chi connectivity index (χ0v) is 8.31. The lowest BCUT2D eigenvalue weighted by molar-refractivity contribution is 1.16. The summed E-state index contributed by atoms with van der Waals surface area (Å²) in [6, 6.07) is 12.4. The molecule has 0 heterocycles. The minimum Gasteiger partial charge on any atom is -0.0840 e. The minimum atomic E-state index is 0.876. The summed E-state index contributed by atoms with van der Waals surface area (Å²) in [5.74, 6) is 0. The lowest BCUT2D eigenvalue weighted by Gasteiger charge is -2.05. The molecule has 0 unspecified atom stereocenters. The van der Waals surface area contributed by atoms with Gasteiger partial charge in [-0.2, -0.15) is 0 Å². The molecule has 0 bridgehead atoms. The molecule has 0 saturated heterocycles. The van der Waals surface area contributed by atoms with Crippen LogP contribution in [-0.4, -0.2) is 0 Å². The fraction of sp³-hybridized carbons (Fsp3) is 0.167. The zero-order chi connectivity index (χ0) is 9.26. The zero-order valence-electron chi connectivity index (χ0n) is 7.55. The van der Waals surface area contributed by atoms with Crippen LogP contribution in [0.1, 0.15) is 12.5 Å². The summed E-state index contributed by atoms with van der Waals surface area (Å²) in [5, 5.41) is 3.42. The van der Waals surface area contributed by atoms with Crippen molar-refractivity contribution in [1.82, 2.24) is 0 Å². The summed E-state index contributed by atoms with van der Waals surface area (Å²) in [7, 11) is 0. The first-order chi connectivity index (χ1) is 6.33. The Balaban J connectivity index is 2.84. The molecule has 2 rings (SSSR count). The van der Waals surface area contributed by atoms with E-state index in [1.165, 1.54) is 16.3 Å². The number of benzene rings is 2. The highest BCUT2D eigenvalue weighted by Crippen LogP contribution is 2.26. The molecule has 2 aromatic rings. The first-order valence-electron chi connectivity index (χ1n) is 4.49. The van der Waals surface area contributed by atoms with Gasteiger partial charge in [0.2, 0.25) is 0 Å². The van der Waals surface area contributed by atoms with Gasteiger partial charge in [-0.25, -0.2) is 0 Å². The van der Waals surface area contributed by atoms with E-state index in [0.717, 1.165) is 11.4 Å². The van der Waals surface area contributed by atoms with Crippen LogP contribution in [0.2, 0.25) is 5.02 Å². The first-order valence-corrected chi connectivity index (χ1v) is 4.87. The third kappa shape index (κ3) is 1.42. The van der Waals surface area contributed by atoms with Gasteiger partial charge >= 0.3 is 0 Å². The first kappa shape index (κ1) is 8.58. The Morgan fingerprint density at radius 2 is 1.85 bits per heavy atom. The third-order valence-corrected chi connectivity index (χ3v) is 2.69. The van der Waals surface area contributed by atoms with Crippen molar-refractivity contribution in [3.63, 3.8) is 0 Å². The molecule has 0 nitrogen and oxygen atoms in total. The predicted octanol–water partition coefficient (Wildman–Crippen LogP) is 4.06. The van der Waals surface area contributed by atoms with Crippen molar-refractivity contribution in [2.24, 2.45) is 0 Å². The van der Waals surface area contributed by atoms with Gasteiger partial charge in [-0.15, -0.1) is 0 Å². The second kappa shape index (κ2) is 3.39. The van der Waals surface area contributed by atoms with Gasteiger partial charge in [0.25, 0.3) is 0 Å². The van der Waals surface area contributed by atoms with Gasteiger partial charge in [-0.3, -0.25) is 0 Å². The fourth-order valence-electron chi connectivity index (χ4n) is 1.67. The van der Waals surface area contributed by atoms with E-state index >= 15 is 0 Å². The number of hydrogen-bond donors (Lipinski definition) is 0. The topological polar surface area (TPSA) is 0 Å². The Bertz CT molecular complexity index is 432. The van der Waals surface area contributed by atoms with Gasteiger partial charge in [0.15, 0.2) is 0 Å². The normalized spacial score (nSPS) is 10.6. The van der Waals surface area contributed by atoms with Gasteiger partial charge < -0.3 is 0 Å². The maximum atomic E-state index is 6.10. The molecular weight excluding hydrogens is 180 g/mol. The molecule has 0 fully saturated rings. The molecule has 0 radical (unpaired) electrons. The Morgan fingerprint density at radius 1 is 1.08 bits per heavy atom. The molecule has 0 atom stereocenters. The monoisotopic (exact) mass is 190 g/mol. The summed E-state index contributed by atoms with van der Waals surface area (Å²) in [5.41, 5.74) is 1.25. The largest absolute Gasteiger partial charge is 0.0840 e. The van der Waals surface area contributed by atoms with Gasteiger partial charge in [-0.05, 0) is 28.8 Å².